The highest BCUT2D eigenvalue weighted by molar-refractivity contribution is 7.87. The Morgan fingerprint density at radius 2 is 1.88 bits per heavy atom. The number of halogens is 3. The molecule has 1 fully saturated rings. The Morgan fingerprint density at radius 3 is 2.58 bits per heavy atom. The van der Waals surface area contributed by atoms with E-state index in [1.54, 1.807) is 0 Å². The van der Waals surface area contributed by atoms with Crippen LogP contribution < -0.4 is 4.72 Å². The first kappa shape index (κ1) is 17.7. The van der Waals surface area contributed by atoms with Gasteiger partial charge in [-0.25, -0.2) is 0 Å². The largest absolute Gasteiger partial charge is 0.401 e. The molecule has 0 bridgehead atoms. The standard InChI is InChI=1S/C15H20F3N3O2S/c16-15(17,18)11-20-7-6-14(10-20)19-24(22,23)21-8-5-12-3-1-2-4-13(12)9-21/h1-4,14,19H,5-11H2. The zero-order chi connectivity index (χ0) is 17.4. The average molecular weight is 363 g/mol. The van der Waals surface area contributed by atoms with Crippen LogP contribution in [0, 0.1) is 0 Å². The zero-order valence-electron chi connectivity index (χ0n) is 13.1. The van der Waals surface area contributed by atoms with Crippen LogP contribution in [0.2, 0.25) is 0 Å². The zero-order valence-corrected chi connectivity index (χ0v) is 13.9. The number of likely N-dealkylation sites (tertiary alicyclic amines) is 1. The van der Waals surface area contributed by atoms with E-state index in [0.29, 0.717) is 25.9 Å². The van der Waals surface area contributed by atoms with E-state index in [4.69, 9.17) is 0 Å². The van der Waals surface area contributed by atoms with Crippen LogP contribution in [-0.4, -0.2) is 56.0 Å². The summed E-state index contributed by atoms with van der Waals surface area (Å²) in [5.41, 5.74) is 2.11. The molecule has 2 aliphatic heterocycles. The smallest absolute Gasteiger partial charge is 0.293 e. The van der Waals surface area contributed by atoms with Gasteiger partial charge in [-0.1, -0.05) is 24.3 Å². The van der Waals surface area contributed by atoms with Crippen LogP contribution in [0.15, 0.2) is 24.3 Å². The third-order valence-corrected chi connectivity index (χ3v) is 6.05. The van der Waals surface area contributed by atoms with Gasteiger partial charge in [-0.2, -0.15) is 30.6 Å². The van der Waals surface area contributed by atoms with Gasteiger partial charge in [0.2, 0.25) is 0 Å². The Morgan fingerprint density at radius 1 is 1.17 bits per heavy atom. The van der Waals surface area contributed by atoms with Crippen LogP contribution in [0.1, 0.15) is 17.5 Å². The molecule has 9 heteroatoms. The monoisotopic (exact) mass is 363 g/mol. The first-order valence-electron chi connectivity index (χ1n) is 7.86. The van der Waals surface area contributed by atoms with Gasteiger partial charge in [0.25, 0.3) is 10.2 Å². The predicted molar refractivity (Wildman–Crippen MR) is 83.5 cm³/mol. The number of benzene rings is 1. The molecular formula is C15H20F3N3O2S. The molecule has 0 aromatic heterocycles. The quantitative estimate of drug-likeness (QED) is 0.883. The summed E-state index contributed by atoms with van der Waals surface area (Å²) in [6, 6.07) is 7.20. The number of hydrogen-bond acceptors (Lipinski definition) is 3. The number of nitrogens with one attached hydrogen (secondary N) is 1. The van der Waals surface area contributed by atoms with E-state index in [1.807, 2.05) is 24.3 Å². The summed E-state index contributed by atoms with van der Waals surface area (Å²) in [6.07, 6.45) is -3.23. The normalized spacial score (nSPS) is 23.4. The first-order valence-corrected chi connectivity index (χ1v) is 9.30. The van der Waals surface area contributed by atoms with Crippen LogP contribution in [-0.2, 0) is 23.2 Å². The highest BCUT2D eigenvalue weighted by Crippen LogP contribution is 2.23. The van der Waals surface area contributed by atoms with Gasteiger partial charge >= 0.3 is 6.18 Å². The van der Waals surface area contributed by atoms with Crippen molar-refractivity contribution < 1.29 is 21.6 Å². The second-order valence-corrected chi connectivity index (χ2v) is 8.01. The number of rotatable bonds is 4. The maximum absolute atomic E-state index is 12.5. The minimum absolute atomic E-state index is 0.0865. The van der Waals surface area contributed by atoms with Crippen LogP contribution in [0.4, 0.5) is 13.2 Å². The Hall–Kier alpha value is -1.16. The van der Waals surface area contributed by atoms with Crippen LogP contribution >= 0.6 is 0 Å². The van der Waals surface area contributed by atoms with Crippen molar-refractivity contribution in [2.75, 3.05) is 26.2 Å². The van der Waals surface area contributed by atoms with E-state index in [1.165, 1.54) is 9.21 Å². The van der Waals surface area contributed by atoms with Crippen LogP contribution in [0.5, 0.6) is 0 Å². The van der Waals surface area contributed by atoms with Gasteiger partial charge < -0.3 is 0 Å². The minimum atomic E-state index is -4.26. The fraction of sp³-hybridized carbons (Fsp3) is 0.600. The summed E-state index contributed by atoms with van der Waals surface area (Å²) in [5, 5.41) is 0. The fourth-order valence-electron chi connectivity index (χ4n) is 3.29. The van der Waals surface area contributed by atoms with Crippen molar-refractivity contribution >= 4 is 10.2 Å². The molecular weight excluding hydrogens is 343 g/mol. The molecule has 0 amide bonds. The van der Waals surface area contributed by atoms with E-state index in [2.05, 4.69) is 4.72 Å². The van der Waals surface area contributed by atoms with E-state index in [0.717, 1.165) is 11.1 Å². The molecule has 1 aromatic rings. The van der Waals surface area contributed by atoms with Crippen molar-refractivity contribution in [3.63, 3.8) is 0 Å². The summed E-state index contributed by atoms with van der Waals surface area (Å²) >= 11 is 0. The van der Waals surface area contributed by atoms with E-state index < -0.39 is 29.0 Å². The SMILES string of the molecule is O=S(=O)(NC1CCN(CC(F)(F)F)C1)N1CCc2ccccc2C1. The van der Waals surface area contributed by atoms with Crippen molar-refractivity contribution in [2.24, 2.45) is 0 Å². The maximum atomic E-state index is 12.5. The van der Waals surface area contributed by atoms with Crippen LogP contribution in [0.25, 0.3) is 0 Å². The Bertz CT molecular complexity index is 693. The lowest BCUT2D eigenvalue weighted by Crippen LogP contribution is -2.48. The second kappa shape index (κ2) is 6.62. The summed E-state index contributed by atoms with van der Waals surface area (Å²) in [5.74, 6) is 0. The van der Waals surface area contributed by atoms with Crippen molar-refractivity contribution in [1.82, 2.24) is 13.9 Å². The Balaban J connectivity index is 1.59. The number of alkyl halides is 3. The lowest BCUT2D eigenvalue weighted by Gasteiger charge is -2.29. The second-order valence-electron chi connectivity index (χ2n) is 6.31. The minimum Gasteiger partial charge on any atom is -0.293 e. The molecule has 1 N–H and O–H groups in total. The molecule has 24 heavy (non-hydrogen) atoms. The molecule has 0 spiro atoms. The fourth-order valence-corrected chi connectivity index (χ4v) is 4.69. The van der Waals surface area contributed by atoms with Gasteiger partial charge in [0, 0.05) is 32.2 Å². The highest BCUT2D eigenvalue weighted by Gasteiger charge is 2.36. The number of nitrogens with zero attached hydrogens (tertiary/aromatic N) is 2. The molecule has 1 atom stereocenters. The predicted octanol–water partition coefficient (Wildman–Crippen LogP) is 1.52. The van der Waals surface area contributed by atoms with E-state index >= 15 is 0 Å². The van der Waals surface area contributed by atoms with Gasteiger partial charge in [-0.05, 0) is 24.0 Å². The van der Waals surface area contributed by atoms with Gasteiger partial charge in [-0.15, -0.1) is 0 Å². The Labute approximate surface area is 139 Å². The molecule has 0 radical (unpaired) electrons. The van der Waals surface area contributed by atoms with Gasteiger partial charge in [-0.3, -0.25) is 4.90 Å². The third kappa shape index (κ3) is 4.27. The molecule has 0 saturated carbocycles. The molecule has 5 nitrogen and oxygen atoms in total. The van der Waals surface area contributed by atoms with Crippen molar-refractivity contribution in [1.29, 1.82) is 0 Å². The van der Waals surface area contributed by atoms with Gasteiger partial charge in [0.15, 0.2) is 0 Å². The molecule has 1 aromatic carbocycles. The molecule has 1 saturated heterocycles. The number of hydrogen-bond donors (Lipinski definition) is 1. The summed E-state index contributed by atoms with van der Waals surface area (Å²) in [4.78, 5) is 1.23. The lowest BCUT2D eigenvalue weighted by atomic mass is 10.0. The van der Waals surface area contributed by atoms with Crippen molar-refractivity contribution in [3.05, 3.63) is 35.4 Å². The topological polar surface area (TPSA) is 52.7 Å². The lowest BCUT2D eigenvalue weighted by molar-refractivity contribution is -0.143. The van der Waals surface area contributed by atoms with Crippen molar-refractivity contribution in [2.45, 2.75) is 31.6 Å². The van der Waals surface area contributed by atoms with Gasteiger partial charge in [0.05, 0.1) is 6.54 Å². The number of fused-ring (bicyclic) bond motifs is 1. The average Bonchev–Trinajstić information content (AvgIpc) is 2.91. The van der Waals surface area contributed by atoms with E-state index in [9.17, 15) is 21.6 Å². The van der Waals surface area contributed by atoms with E-state index in [-0.39, 0.29) is 13.1 Å². The highest BCUT2D eigenvalue weighted by atomic mass is 32.2. The van der Waals surface area contributed by atoms with Gasteiger partial charge in [0.1, 0.15) is 0 Å². The Kier molecular flexibility index (Phi) is 4.87. The summed E-state index contributed by atoms with van der Waals surface area (Å²) < 4.78 is 66.2. The molecule has 134 valence electrons. The maximum Gasteiger partial charge on any atom is 0.401 e. The molecule has 2 aliphatic rings. The summed E-state index contributed by atoms with van der Waals surface area (Å²) in [6.45, 7) is 0.0108. The molecule has 3 rings (SSSR count). The molecule has 0 aliphatic carbocycles. The molecule has 1 unspecified atom stereocenters. The third-order valence-electron chi connectivity index (χ3n) is 4.43. The molecule has 2 heterocycles. The van der Waals surface area contributed by atoms with Crippen LogP contribution in [0.3, 0.4) is 0 Å². The summed E-state index contributed by atoms with van der Waals surface area (Å²) in [7, 11) is -3.70. The van der Waals surface area contributed by atoms with Crippen molar-refractivity contribution in [3.8, 4) is 0 Å². The first-order chi connectivity index (χ1) is 11.2.